The summed E-state index contributed by atoms with van der Waals surface area (Å²) >= 11 is 0. The van der Waals surface area contributed by atoms with E-state index in [1.165, 1.54) is 13.8 Å². The van der Waals surface area contributed by atoms with Crippen LogP contribution < -0.4 is 20.9 Å². The monoisotopic (exact) mass is 700 g/mol. The molecule has 12 heteroatoms. The van der Waals surface area contributed by atoms with E-state index in [0.717, 1.165) is 49.1 Å². The van der Waals surface area contributed by atoms with E-state index in [-0.39, 0.29) is 17.7 Å². The number of hydrogen-bond acceptors (Lipinski definition) is 8. The summed E-state index contributed by atoms with van der Waals surface area (Å²) in [7, 11) is 3.16. The van der Waals surface area contributed by atoms with Gasteiger partial charge in [-0.25, -0.2) is 0 Å². The van der Waals surface area contributed by atoms with Gasteiger partial charge in [0.2, 0.25) is 18.2 Å². The lowest BCUT2D eigenvalue weighted by molar-refractivity contribution is -0.115. The molecule has 6 rings (SSSR count). The van der Waals surface area contributed by atoms with Crippen LogP contribution in [0.4, 0.5) is 17.1 Å². The minimum Gasteiger partial charge on any atom is -0.348 e. The van der Waals surface area contributed by atoms with Crippen LogP contribution in [-0.2, 0) is 27.5 Å². The predicted octanol–water partition coefficient (Wildman–Crippen LogP) is 7.59. The number of nitrogens with one attached hydrogen (secondary N) is 3. The van der Waals surface area contributed by atoms with E-state index >= 15 is 0 Å². The molecular weight excluding hydrogens is 669 g/mol. The quantitative estimate of drug-likeness (QED) is 0.0879. The summed E-state index contributed by atoms with van der Waals surface area (Å²) in [5, 5.41) is 10.3. The summed E-state index contributed by atoms with van der Waals surface area (Å²) in [5.41, 5.74) is 6.03. The van der Waals surface area contributed by atoms with Gasteiger partial charge in [-0.3, -0.25) is 29.1 Å². The molecule has 50 heavy (non-hydrogen) atoms. The van der Waals surface area contributed by atoms with Gasteiger partial charge in [0.25, 0.3) is 5.91 Å². The van der Waals surface area contributed by atoms with Crippen LogP contribution in [-0.4, -0.2) is 34.1 Å². The largest absolute Gasteiger partial charge is 0.348 e. The van der Waals surface area contributed by atoms with Crippen LogP contribution in [0, 0.1) is 0 Å². The SMILES string of the molecule is CC(=O)Nc1ccc(C(=O)NCc2ccc(SSc3ccc(CN(C=O)c4ccc(NC(C)=O)cc4)c4cccnc34)c3ncccc23)cc1. The molecule has 0 saturated heterocycles. The average Bonchev–Trinajstić information content (AvgIpc) is 3.12. The normalized spacial score (nSPS) is 10.8. The third kappa shape index (κ3) is 8.11. The third-order valence-electron chi connectivity index (χ3n) is 7.76. The van der Waals surface area contributed by atoms with E-state index in [1.54, 1.807) is 87.4 Å². The standard InChI is InChI=1S/C38H32N6O4S2/c1-24(46)42-29-11-7-26(8-12-29)38(48)41-21-27-9-17-34(36-32(27)5-3-19-39-36)49-50-35-18-10-28(33-6-4-20-40-37(33)35)22-44(23-45)31-15-13-30(14-16-31)43-25(2)47/h3-20,23H,21-22H2,1-2H3,(H,41,48)(H,42,46)(H,43,47). The fourth-order valence-corrected chi connectivity index (χ4v) is 7.68. The van der Waals surface area contributed by atoms with Crippen LogP contribution >= 0.6 is 21.6 Å². The summed E-state index contributed by atoms with van der Waals surface area (Å²) in [6.45, 7) is 3.55. The fourth-order valence-electron chi connectivity index (χ4n) is 5.43. The van der Waals surface area contributed by atoms with Gasteiger partial charge in [-0.1, -0.05) is 45.9 Å². The van der Waals surface area contributed by atoms with Crippen LogP contribution in [0.2, 0.25) is 0 Å². The van der Waals surface area contributed by atoms with Gasteiger partial charge in [0.15, 0.2) is 0 Å². The van der Waals surface area contributed by atoms with E-state index in [2.05, 4.69) is 20.9 Å². The molecule has 0 radical (unpaired) electrons. The summed E-state index contributed by atoms with van der Waals surface area (Å²) < 4.78 is 0. The van der Waals surface area contributed by atoms with Crippen molar-refractivity contribution in [2.24, 2.45) is 0 Å². The Labute approximate surface area is 296 Å². The molecule has 0 aliphatic carbocycles. The van der Waals surface area contributed by atoms with Gasteiger partial charge >= 0.3 is 0 Å². The van der Waals surface area contributed by atoms with Gasteiger partial charge in [0.05, 0.1) is 17.6 Å². The number of fused-ring (bicyclic) bond motifs is 2. The molecule has 6 aromatic rings. The van der Waals surface area contributed by atoms with Crippen molar-refractivity contribution in [3.05, 3.63) is 126 Å². The molecule has 2 aromatic heterocycles. The van der Waals surface area contributed by atoms with Crippen LogP contribution in [0.3, 0.4) is 0 Å². The van der Waals surface area contributed by atoms with E-state index in [4.69, 9.17) is 4.98 Å². The number of amides is 4. The molecule has 10 nitrogen and oxygen atoms in total. The zero-order valence-electron chi connectivity index (χ0n) is 27.2. The van der Waals surface area contributed by atoms with Gasteiger partial charge < -0.3 is 20.9 Å². The van der Waals surface area contributed by atoms with Crippen molar-refractivity contribution >= 4 is 84.6 Å². The lowest BCUT2D eigenvalue weighted by Gasteiger charge is -2.19. The predicted molar refractivity (Wildman–Crippen MR) is 200 cm³/mol. The first-order valence-electron chi connectivity index (χ1n) is 15.6. The van der Waals surface area contributed by atoms with E-state index in [1.807, 2.05) is 48.5 Å². The van der Waals surface area contributed by atoms with Crippen LogP contribution in [0.5, 0.6) is 0 Å². The Hall–Kier alpha value is -5.72. The Balaban J connectivity index is 1.16. The maximum absolute atomic E-state index is 12.9. The van der Waals surface area contributed by atoms with Crippen molar-refractivity contribution in [1.29, 1.82) is 0 Å². The van der Waals surface area contributed by atoms with Gasteiger partial charge in [-0.2, -0.15) is 0 Å². The van der Waals surface area contributed by atoms with Gasteiger partial charge in [-0.05, 0) is 83.9 Å². The molecule has 2 heterocycles. The second-order valence-electron chi connectivity index (χ2n) is 11.3. The highest BCUT2D eigenvalue weighted by Gasteiger charge is 2.15. The molecule has 4 aromatic carbocycles. The second-order valence-corrected chi connectivity index (χ2v) is 13.5. The average molecular weight is 701 g/mol. The zero-order valence-corrected chi connectivity index (χ0v) is 28.8. The number of carbonyl (C=O) groups is 4. The molecule has 0 atom stereocenters. The van der Waals surface area contributed by atoms with Crippen LogP contribution in [0.15, 0.2) is 119 Å². The molecule has 0 saturated carbocycles. The molecule has 0 aliphatic heterocycles. The molecule has 0 unspecified atom stereocenters. The summed E-state index contributed by atoms with van der Waals surface area (Å²) in [4.78, 5) is 60.6. The highest BCUT2D eigenvalue weighted by molar-refractivity contribution is 8.76. The Morgan fingerprint density at radius 2 is 1.20 bits per heavy atom. The van der Waals surface area contributed by atoms with Crippen molar-refractivity contribution in [3.63, 3.8) is 0 Å². The molecule has 4 amide bonds. The molecule has 250 valence electrons. The lowest BCUT2D eigenvalue weighted by Crippen LogP contribution is -2.23. The van der Waals surface area contributed by atoms with Crippen molar-refractivity contribution in [2.45, 2.75) is 36.7 Å². The number of aromatic nitrogens is 2. The molecule has 0 bridgehead atoms. The number of rotatable bonds is 12. The van der Waals surface area contributed by atoms with Gasteiger partial charge in [0.1, 0.15) is 0 Å². The second kappa shape index (κ2) is 15.7. The summed E-state index contributed by atoms with van der Waals surface area (Å²) in [5.74, 6) is -0.550. The number of hydrogen-bond donors (Lipinski definition) is 3. The van der Waals surface area contributed by atoms with E-state index in [9.17, 15) is 19.2 Å². The number of pyridine rings is 2. The molecule has 0 fully saturated rings. The van der Waals surface area contributed by atoms with Crippen LogP contribution in [0.1, 0.15) is 35.3 Å². The number of benzene rings is 4. The molecule has 0 spiro atoms. The smallest absolute Gasteiger partial charge is 0.251 e. The topological polar surface area (TPSA) is 133 Å². The molecule has 0 aliphatic rings. The Morgan fingerprint density at radius 1 is 0.680 bits per heavy atom. The Bertz CT molecular complexity index is 2210. The number of carbonyl (C=O) groups excluding carboxylic acids is 4. The summed E-state index contributed by atoms with van der Waals surface area (Å²) in [6, 6.07) is 29.7. The van der Waals surface area contributed by atoms with E-state index in [0.29, 0.717) is 35.7 Å². The zero-order chi connectivity index (χ0) is 35.0. The minimum absolute atomic E-state index is 0.160. The first-order chi connectivity index (χ1) is 24.3. The first-order valence-corrected chi connectivity index (χ1v) is 17.8. The van der Waals surface area contributed by atoms with E-state index < -0.39 is 0 Å². The van der Waals surface area contributed by atoms with Crippen molar-refractivity contribution in [3.8, 4) is 0 Å². The van der Waals surface area contributed by atoms with Crippen molar-refractivity contribution < 1.29 is 19.2 Å². The highest BCUT2D eigenvalue weighted by atomic mass is 33.1. The number of anilines is 3. The van der Waals surface area contributed by atoms with Gasteiger partial charge in [-0.15, -0.1) is 0 Å². The Kier molecular flexibility index (Phi) is 10.7. The van der Waals surface area contributed by atoms with Crippen molar-refractivity contribution in [2.75, 3.05) is 15.5 Å². The first kappa shape index (κ1) is 34.2. The van der Waals surface area contributed by atoms with Crippen LogP contribution in [0.25, 0.3) is 21.8 Å². The fraction of sp³-hybridized carbons (Fsp3) is 0.105. The molecular formula is C38H32N6O4S2. The minimum atomic E-state index is -0.218. The Morgan fingerprint density at radius 3 is 1.74 bits per heavy atom. The highest BCUT2D eigenvalue weighted by Crippen LogP contribution is 2.43. The molecule has 3 N–H and O–H groups in total. The number of nitrogens with zero attached hydrogens (tertiary/aromatic N) is 3. The maximum Gasteiger partial charge on any atom is 0.251 e. The third-order valence-corrected chi connectivity index (χ3v) is 10.2. The summed E-state index contributed by atoms with van der Waals surface area (Å²) in [6.07, 6.45) is 4.32. The van der Waals surface area contributed by atoms with Gasteiger partial charge in [0, 0.05) is 76.0 Å². The van der Waals surface area contributed by atoms with Crippen molar-refractivity contribution in [1.82, 2.24) is 15.3 Å². The lowest BCUT2D eigenvalue weighted by atomic mass is 10.1. The maximum atomic E-state index is 12.9.